The van der Waals surface area contributed by atoms with Crippen molar-refractivity contribution < 1.29 is 13.2 Å². The predicted octanol–water partition coefficient (Wildman–Crippen LogP) is 3.44. The summed E-state index contributed by atoms with van der Waals surface area (Å²) in [6.45, 7) is 5.64. The quantitative estimate of drug-likeness (QED) is 0.872. The van der Waals surface area contributed by atoms with Crippen LogP contribution in [0.2, 0.25) is 0 Å². The lowest BCUT2D eigenvalue weighted by molar-refractivity contribution is -0.119. The third-order valence-electron chi connectivity index (χ3n) is 3.86. The SMILES string of the molecule is Cc1ccc(CCCC(=O)NS(=O)(=O)c2ccc(C)cc2C)cc1. The lowest BCUT2D eigenvalue weighted by Crippen LogP contribution is -2.30. The fourth-order valence-electron chi connectivity index (χ4n) is 2.56. The van der Waals surface area contributed by atoms with Crippen LogP contribution in [0.15, 0.2) is 47.4 Å². The number of nitrogens with one attached hydrogen (secondary N) is 1. The number of aryl methyl sites for hydroxylation is 4. The molecule has 0 saturated heterocycles. The summed E-state index contributed by atoms with van der Waals surface area (Å²) < 4.78 is 26.8. The average Bonchev–Trinajstić information content (AvgIpc) is 2.48. The van der Waals surface area contributed by atoms with Crippen molar-refractivity contribution in [1.82, 2.24) is 4.72 Å². The van der Waals surface area contributed by atoms with Gasteiger partial charge in [0.25, 0.3) is 10.0 Å². The van der Waals surface area contributed by atoms with Gasteiger partial charge in [0.15, 0.2) is 0 Å². The van der Waals surface area contributed by atoms with Crippen LogP contribution < -0.4 is 4.72 Å². The smallest absolute Gasteiger partial charge is 0.264 e. The minimum Gasteiger partial charge on any atom is -0.274 e. The Morgan fingerprint density at radius 2 is 1.58 bits per heavy atom. The first-order valence-corrected chi connectivity index (χ1v) is 9.45. The van der Waals surface area contributed by atoms with Crippen molar-refractivity contribution in [3.8, 4) is 0 Å². The van der Waals surface area contributed by atoms with Crippen molar-refractivity contribution in [2.75, 3.05) is 0 Å². The molecule has 4 nitrogen and oxygen atoms in total. The van der Waals surface area contributed by atoms with Crippen molar-refractivity contribution >= 4 is 15.9 Å². The standard InChI is InChI=1S/C19H23NO3S/c1-14-7-10-17(11-8-14)5-4-6-19(21)20-24(22,23)18-12-9-15(2)13-16(18)3/h7-13H,4-6H2,1-3H3,(H,20,21). The van der Waals surface area contributed by atoms with Gasteiger partial charge in [-0.05, 0) is 50.8 Å². The van der Waals surface area contributed by atoms with E-state index in [0.29, 0.717) is 12.0 Å². The molecule has 2 aromatic carbocycles. The molecule has 0 saturated carbocycles. The molecule has 0 atom stereocenters. The maximum atomic E-state index is 12.3. The van der Waals surface area contributed by atoms with E-state index in [4.69, 9.17) is 0 Å². The van der Waals surface area contributed by atoms with E-state index >= 15 is 0 Å². The molecule has 2 aromatic rings. The van der Waals surface area contributed by atoms with Gasteiger partial charge in [-0.25, -0.2) is 13.1 Å². The van der Waals surface area contributed by atoms with Gasteiger partial charge in [0.2, 0.25) is 5.91 Å². The topological polar surface area (TPSA) is 63.2 Å². The van der Waals surface area contributed by atoms with Crippen molar-refractivity contribution in [2.24, 2.45) is 0 Å². The number of amides is 1. The average molecular weight is 345 g/mol. The summed E-state index contributed by atoms with van der Waals surface area (Å²) in [5.41, 5.74) is 3.95. The van der Waals surface area contributed by atoms with Crippen LogP contribution in [0.3, 0.4) is 0 Å². The summed E-state index contributed by atoms with van der Waals surface area (Å²) in [6.07, 6.45) is 1.53. The maximum Gasteiger partial charge on any atom is 0.264 e. The van der Waals surface area contributed by atoms with Crippen LogP contribution in [0.4, 0.5) is 0 Å². The van der Waals surface area contributed by atoms with E-state index in [0.717, 1.165) is 17.5 Å². The second-order valence-electron chi connectivity index (χ2n) is 6.14. The predicted molar refractivity (Wildman–Crippen MR) is 95.4 cm³/mol. The van der Waals surface area contributed by atoms with Gasteiger partial charge < -0.3 is 0 Å². The van der Waals surface area contributed by atoms with Gasteiger partial charge in [0.05, 0.1) is 4.90 Å². The van der Waals surface area contributed by atoms with Gasteiger partial charge in [0, 0.05) is 6.42 Å². The molecular formula is C19H23NO3S. The maximum absolute atomic E-state index is 12.3. The first-order valence-electron chi connectivity index (χ1n) is 7.96. The van der Waals surface area contributed by atoms with Gasteiger partial charge in [-0.3, -0.25) is 4.79 Å². The van der Waals surface area contributed by atoms with Gasteiger partial charge in [-0.15, -0.1) is 0 Å². The van der Waals surface area contributed by atoms with E-state index in [1.165, 1.54) is 11.6 Å². The van der Waals surface area contributed by atoms with E-state index in [9.17, 15) is 13.2 Å². The molecule has 5 heteroatoms. The largest absolute Gasteiger partial charge is 0.274 e. The molecule has 0 heterocycles. The molecule has 0 aliphatic heterocycles. The number of hydrogen-bond acceptors (Lipinski definition) is 3. The molecule has 1 amide bonds. The van der Waals surface area contributed by atoms with Crippen molar-refractivity contribution in [3.05, 3.63) is 64.7 Å². The van der Waals surface area contributed by atoms with Gasteiger partial charge in [-0.1, -0.05) is 47.5 Å². The van der Waals surface area contributed by atoms with E-state index in [2.05, 4.69) is 4.72 Å². The van der Waals surface area contributed by atoms with E-state index in [-0.39, 0.29) is 11.3 Å². The van der Waals surface area contributed by atoms with Crippen LogP contribution in [0.5, 0.6) is 0 Å². The number of benzene rings is 2. The third kappa shape index (κ3) is 4.93. The highest BCUT2D eigenvalue weighted by molar-refractivity contribution is 7.90. The van der Waals surface area contributed by atoms with Crippen LogP contribution in [-0.4, -0.2) is 14.3 Å². The molecule has 2 rings (SSSR count). The molecule has 0 aliphatic carbocycles. The Kier molecular flexibility index (Phi) is 5.78. The lowest BCUT2D eigenvalue weighted by atomic mass is 10.1. The number of sulfonamides is 1. The fourth-order valence-corrected chi connectivity index (χ4v) is 3.81. The Balaban J connectivity index is 1.92. The van der Waals surface area contributed by atoms with E-state index in [1.54, 1.807) is 19.1 Å². The highest BCUT2D eigenvalue weighted by atomic mass is 32.2. The zero-order chi connectivity index (χ0) is 17.7. The van der Waals surface area contributed by atoms with Gasteiger partial charge in [-0.2, -0.15) is 0 Å². The number of carbonyl (C=O) groups is 1. The Bertz CT molecular complexity index is 824. The van der Waals surface area contributed by atoms with Gasteiger partial charge in [0.1, 0.15) is 0 Å². The monoisotopic (exact) mass is 345 g/mol. The molecule has 0 spiro atoms. The molecule has 0 fully saturated rings. The minimum absolute atomic E-state index is 0.153. The van der Waals surface area contributed by atoms with Crippen molar-refractivity contribution in [3.63, 3.8) is 0 Å². The first kappa shape index (κ1) is 18.2. The second kappa shape index (κ2) is 7.62. The molecule has 24 heavy (non-hydrogen) atoms. The van der Waals surface area contributed by atoms with Gasteiger partial charge >= 0.3 is 0 Å². The minimum atomic E-state index is -3.81. The Hall–Kier alpha value is -2.14. The molecule has 0 aliphatic rings. The van der Waals surface area contributed by atoms with Crippen molar-refractivity contribution in [2.45, 2.75) is 44.9 Å². The summed E-state index contributed by atoms with van der Waals surface area (Å²) in [5.74, 6) is -0.470. The highest BCUT2D eigenvalue weighted by Gasteiger charge is 2.19. The highest BCUT2D eigenvalue weighted by Crippen LogP contribution is 2.16. The Morgan fingerprint density at radius 1 is 0.958 bits per heavy atom. The van der Waals surface area contributed by atoms with Crippen LogP contribution >= 0.6 is 0 Å². The zero-order valence-corrected chi connectivity index (χ0v) is 15.1. The molecule has 0 radical (unpaired) electrons. The molecule has 0 bridgehead atoms. The zero-order valence-electron chi connectivity index (χ0n) is 14.3. The van der Waals surface area contributed by atoms with Crippen molar-refractivity contribution in [1.29, 1.82) is 0 Å². The molecule has 0 unspecified atom stereocenters. The molecule has 0 aromatic heterocycles. The Labute approximate surface area is 144 Å². The molecular weight excluding hydrogens is 322 g/mol. The molecule has 1 N–H and O–H groups in total. The summed E-state index contributed by atoms with van der Waals surface area (Å²) in [4.78, 5) is 12.1. The summed E-state index contributed by atoms with van der Waals surface area (Å²) in [6, 6.07) is 13.2. The number of rotatable bonds is 6. The lowest BCUT2D eigenvalue weighted by Gasteiger charge is -2.10. The second-order valence-corrected chi connectivity index (χ2v) is 7.79. The summed E-state index contributed by atoms with van der Waals surface area (Å²) in [5, 5.41) is 0. The van der Waals surface area contributed by atoms with E-state index in [1.807, 2.05) is 38.1 Å². The normalized spacial score (nSPS) is 11.3. The first-order chi connectivity index (χ1) is 11.3. The molecule has 128 valence electrons. The van der Waals surface area contributed by atoms with Crippen LogP contribution in [-0.2, 0) is 21.2 Å². The van der Waals surface area contributed by atoms with E-state index < -0.39 is 15.9 Å². The number of carbonyl (C=O) groups excluding carboxylic acids is 1. The number of hydrogen-bond donors (Lipinski definition) is 1. The Morgan fingerprint density at radius 3 is 2.21 bits per heavy atom. The van der Waals surface area contributed by atoms with Crippen LogP contribution in [0.25, 0.3) is 0 Å². The summed E-state index contributed by atoms with van der Waals surface area (Å²) in [7, 11) is -3.81. The fraction of sp³-hybridized carbons (Fsp3) is 0.316. The van der Waals surface area contributed by atoms with Crippen LogP contribution in [0, 0.1) is 20.8 Å². The summed E-state index contributed by atoms with van der Waals surface area (Å²) >= 11 is 0. The third-order valence-corrected chi connectivity index (χ3v) is 5.39. The van der Waals surface area contributed by atoms with Crippen LogP contribution in [0.1, 0.15) is 35.1 Å².